The molecule has 4 rings (SSSR count). The Balaban J connectivity index is 1.38. The average molecular weight is 346 g/mol. The largest absolute Gasteiger partial charge is 0.370 e. The highest BCUT2D eigenvalue weighted by molar-refractivity contribution is 5.59. The third kappa shape index (κ3) is 4.06. The van der Waals surface area contributed by atoms with Crippen LogP contribution in [0.3, 0.4) is 0 Å². The minimum atomic E-state index is 0.196. The Morgan fingerprint density at radius 1 is 0.962 bits per heavy atom. The SMILES string of the molecule is c1ccc(-c2ccc(N3CCC[C@@H](OCc4ccccn4)C3)nn2)cc1. The summed E-state index contributed by atoms with van der Waals surface area (Å²) in [5.74, 6) is 0.913. The molecule has 132 valence electrons. The predicted molar refractivity (Wildman–Crippen MR) is 102 cm³/mol. The lowest BCUT2D eigenvalue weighted by molar-refractivity contribution is 0.0297. The Labute approximate surface area is 153 Å². The number of ether oxygens (including phenoxy) is 1. The third-order valence-electron chi connectivity index (χ3n) is 4.62. The van der Waals surface area contributed by atoms with Gasteiger partial charge in [-0.15, -0.1) is 10.2 Å². The van der Waals surface area contributed by atoms with Crippen molar-refractivity contribution in [2.45, 2.75) is 25.6 Å². The van der Waals surface area contributed by atoms with Gasteiger partial charge in [0.15, 0.2) is 5.82 Å². The summed E-state index contributed by atoms with van der Waals surface area (Å²) < 4.78 is 6.06. The molecule has 0 N–H and O–H groups in total. The number of nitrogens with zero attached hydrogens (tertiary/aromatic N) is 4. The number of hydrogen-bond donors (Lipinski definition) is 0. The normalized spacial score (nSPS) is 17.2. The number of rotatable bonds is 5. The molecular formula is C21H22N4O. The second-order valence-electron chi connectivity index (χ2n) is 6.49. The van der Waals surface area contributed by atoms with Crippen LogP contribution in [0.15, 0.2) is 66.9 Å². The lowest BCUT2D eigenvalue weighted by Crippen LogP contribution is -2.40. The van der Waals surface area contributed by atoms with Crippen LogP contribution >= 0.6 is 0 Å². The monoisotopic (exact) mass is 346 g/mol. The molecule has 0 saturated carbocycles. The fourth-order valence-corrected chi connectivity index (χ4v) is 3.23. The molecule has 0 spiro atoms. The fraction of sp³-hybridized carbons (Fsp3) is 0.286. The van der Waals surface area contributed by atoms with Crippen LogP contribution in [0.1, 0.15) is 18.5 Å². The van der Waals surface area contributed by atoms with E-state index < -0.39 is 0 Å². The molecule has 0 unspecified atom stereocenters. The van der Waals surface area contributed by atoms with E-state index >= 15 is 0 Å². The third-order valence-corrected chi connectivity index (χ3v) is 4.62. The van der Waals surface area contributed by atoms with Crippen molar-refractivity contribution in [2.75, 3.05) is 18.0 Å². The molecule has 3 aromatic rings. The topological polar surface area (TPSA) is 51.1 Å². The maximum absolute atomic E-state index is 6.06. The molecule has 5 nitrogen and oxygen atoms in total. The molecule has 0 bridgehead atoms. The summed E-state index contributed by atoms with van der Waals surface area (Å²) in [6.07, 6.45) is 4.16. The predicted octanol–water partition coefficient (Wildman–Crippen LogP) is 3.72. The van der Waals surface area contributed by atoms with Gasteiger partial charge in [0.05, 0.1) is 24.1 Å². The van der Waals surface area contributed by atoms with Crippen molar-refractivity contribution in [3.63, 3.8) is 0 Å². The lowest BCUT2D eigenvalue weighted by atomic mass is 10.1. The second-order valence-corrected chi connectivity index (χ2v) is 6.49. The summed E-state index contributed by atoms with van der Waals surface area (Å²) in [5.41, 5.74) is 2.95. The van der Waals surface area contributed by atoms with Crippen molar-refractivity contribution in [1.29, 1.82) is 0 Å². The van der Waals surface area contributed by atoms with Gasteiger partial charge in [-0.05, 0) is 37.1 Å². The van der Waals surface area contributed by atoms with E-state index in [4.69, 9.17) is 4.74 Å². The molecule has 1 aromatic carbocycles. The molecule has 0 amide bonds. The maximum atomic E-state index is 6.06. The molecular weight excluding hydrogens is 324 g/mol. The van der Waals surface area contributed by atoms with Gasteiger partial charge in [0.2, 0.25) is 0 Å². The Morgan fingerprint density at radius 3 is 2.62 bits per heavy atom. The standard InChI is InChI=1S/C21H22N4O/c1-2-7-17(8-3-1)20-11-12-21(24-23-20)25-14-6-10-19(15-25)26-16-18-9-4-5-13-22-18/h1-5,7-9,11-13,19H,6,10,14-16H2/t19-/m1/s1. The number of aromatic nitrogens is 3. The van der Waals surface area contributed by atoms with Gasteiger partial charge >= 0.3 is 0 Å². The average Bonchev–Trinajstić information content (AvgIpc) is 2.74. The molecule has 1 saturated heterocycles. The first kappa shape index (κ1) is 16.7. The van der Waals surface area contributed by atoms with Crippen molar-refractivity contribution in [3.8, 4) is 11.3 Å². The first-order valence-corrected chi connectivity index (χ1v) is 9.04. The highest BCUT2D eigenvalue weighted by atomic mass is 16.5. The van der Waals surface area contributed by atoms with Gasteiger partial charge in [-0.1, -0.05) is 36.4 Å². The van der Waals surface area contributed by atoms with E-state index in [-0.39, 0.29) is 6.10 Å². The van der Waals surface area contributed by atoms with Crippen LogP contribution in [-0.2, 0) is 11.3 Å². The Kier molecular flexibility index (Phi) is 5.17. The van der Waals surface area contributed by atoms with Gasteiger partial charge in [0, 0.05) is 24.8 Å². The summed E-state index contributed by atoms with van der Waals surface area (Å²) in [7, 11) is 0. The molecule has 1 aliphatic heterocycles. The molecule has 1 atom stereocenters. The Bertz CT molecular complexity index is 808. The summed E-state index contributed by atoms with van der Waals surface area (Å²) in [6, 6.07) is 20.1. The van der Waals surface area contributed by atoms with E-state index in [1.54, 1.807) is 6.20 Å². The summed E-state index contributed by atoms with van der Waals surface area (Å²) in [4.78, 5) is 6.58. The van der Waals surface area contributed by atoms with Crippen molar-refractivity contribution < 1.29 is 4.74 Å². The smallest absolute Gasteiger partial charge is 0.151 e. The Morgan fingerprint density at radius 2 is 1.85 bits per heavy atom. The highest BCUT2D eigenvalue weighted by Crippen LogP contribution is 2.22. The minimum absolute atomic E-state index is 0.196. The lowest BCUT2D eigenvalue weighted by Gasteiger charge is -2.33. The number of benzene rings is 1. The number of piperidine rings is 1. The van der Waals surface area contributed by atoms with Crippen LogP contribution in [0.25, 0.3) is 11.3 Å². The number of pyridine rings is 1. The van der Waals surface area contributed by atoms with Gasteiger partial charge in [-0.2, -0.15) is 0 Å². The van der Waals surface area contributed by atoms with Crippen LogP contribution in [0, 0.1) is 0 Å². The van der Waals surface area contributed by atoms with E-state index in [9.17, 15) is 0 Å². The van der Waals surface area contributed by atoms with Gasteiger partial charge in [-0.3, -0.25) is 4.98 Å². The molecule has 5 heteroatoms. The van der Waals surface area contributed by atoms with Gasteiger partial charge < -0.3 is 9.64 Å². The van der Waals surface area contributed by atoms with Crippen LogP contribution < -0.4 is 4.90 Å². The molecule has 1 aliphatic rings. The van der Waals surface area contributed by atoms with E-state index in [2.05, 4.69) is 26.1 Å². The second kappa shape index (κ2) is 8.06. The summed E-state index contributed by atoms with van der Waals surface area (Å²) in [5, 5.41) is 8.84. The first-order valence-electron chi connectivity index (χ1n) is 9.04. The summed E-state index contributed by atoms with van der Waals surface area (Å²) in [6.45, 7) is 2.38. The number of hydrogen-bond acceptors (Lipinski definition) is 5. The van der Waals surface area contributed by atoms with E-state index in [0.29, 0.717) is 6.61 Å². The highest BCUT2D eigenvalue weighted by Gasteiger charge is 2.22. The summed E-state index contributed by atoms with van der Waals surface area (Å²) >= 11 is 0. The van der Waals surface area contributed by atoms with Gasteiger partial charge in [0.25, 0.3) is 0 Å². The molecule has 0 radical (unpaired) electrons. The molecule has 1 fully saturated rings. The van der Waals surface area contributed by atoms with Crippen LogP contribution in [0.4, 0.5) is 5.82 Å². The van der Waals surface area contributed by atoms with E-state index in [1.807, 2.05) is 54.6 Å². The molecule has 2 aromatic heterocycles. The van der Waals surface area contributed by atoms with Crippen molar-refractivity contribution >= 4 is 5.82 Å². The fourth-order valence-electron chi connectivity index (χ4n) is 3.23. The minimum Gasteiger partial charge on any atom is -0.370 e. The van der Waals surface area contributed by atoms with E-state index in [1.165, 1.54) is 0 Å². The molecule has 26 heavy (non-hydrogen) atoms. The zero-order valence-corrected chi connectivity index (χ0v) is 14.7. The molecule has 3 heterocycles. The van der Waals surface area contributed by atoms with Gasteiger partial charge in [-0.25, -0.2) is 0 Å². The number of anilines is 1. The van der Waals surface area contributed by atoms with E-state index in [0.717, 1.165) is 48.7 Å². The van der Waals surface area contributed by atoms with Gasteiger partial charge in [0.1, 0.15) is 0 Å². The zero-order chi connectivity index (χ0) is 17.6. The quantitative estimate of drug-likeness (QED) is 0.705. The first-order chi connectivity index (χ1) is 12.9. The maximum Gasteiger partial charge on any atom is 0.151 e. The van der Waals surface area contributed by atoms with Crippen molar-refractivity contribution in [3.05, 3.63) is 72.6 Å². The zero-order valence-electron chi connectivity index (χ0n) is 14.7. The van der Waals surface area contributed by atoms with Crippen molar-refractivity contribution in [1.82, 2.24) is 15.2 Å². The molecule has 0 aliphatic carbocycles. The van der Waals surface area contributed by atoms with Crippen LogP contribution in [0.5, 0.6) is 0 Å². The van der Waals surface area contributed by atoms with Crippen LogP contribution in [0.2, 0.25) is 0 Å². The Hall–Kier alpha value is -2.79. The van der Waals surface area contributed by atoms with Crippen LogP contribution in [-0.4, -0.2) is 34.4 Å². The van der Waals surface area contributed by atoms with Crippen molar-refractivity contribution in [2.24, 2.45) is 0 Å².